The zero-order valence-electron chi connectivity index (χ0n) is 8.48. The van der Waals surface area contributed by atoms with Gasteiger partial charge in [-0.25, -0.2) is 0 Å². The van der Waals surface area contributed by atoms with E-state index in [4.69, 9.17) is 0 Å². The summed E-state index contributed by atoms with van der Waals surface area (Å²) in [7, 11) is 0. The fourth-order valence-electron chi connectivity index (χ4n) is 1.21. The molecular weight excluding hydrogens is 258 g/mol. The fourth-order valence-corrected chi connectivity index (χ4v) is 1.34. The molecule has 0 aliphatic heterocycles. The van der Waals surface area contributed by atoms with Crippen LogP contribution < -0.4 is 5.32 Å². The highest BCUT2D eigenvalue weighted by molar-refractivity contribution is 9.10. The lowest BCUT2D eigenvalue weighted by Gasteiger charge is -2.17. The maximum absolute atomic E-state index is 11.4. The number of carbonyl (C=O) groups is 1. The molecule has 2 atom stereocenters. The average Bonchev–Trinajstić information content (AvgIpc) is 2.26. The van der Waals surface area contributed by atoms with Crippen LogP contribution in [0.5, 0.6) is 0 Å². The number of carbonyl (C=O) groups excluding carboxylic acids is 1. The molecule has 1 unspecified atom stereocenters. The van der Waals surface area contributed by atoms with E-state index in [9.17, 15) is 9.90 Å². The Hall–Kier alpha value is -0.870. The van der Waals surface area contributed by atoms with Crippen molar-refractivity contribution >= 4 is 21.8 Å². The number of amides is 1. The van der Waals surface area contributed by atoms with Gasteiger partial charge < -0.3 is 10.4 Å². The van der Waals surface area contributed by atoms with Crippen LogP contribution in [0, 0.1) is 0 Å². The second kappa shape index (κ2) is 5.88. The minimum atomic E-state index is -0.335. The van der Waals surface area contributed by atoms with Gasteiger partial charge in [-0.15, -0.1) is 0 Å². The van der Waals surface area contributed by atoms with E-state index in [1.54, 1.807) is 6.92 Å². The second-order valence-electron chi connectivity index (χ2n) is 3.27. The van der Waals surface area contributed by atoms with E-state index in [1.165, 1.54) is 0 Å². The fraction of sp³-hybridized carbons (Fsp3) is 0.364. The molecule has 0 aromatic heterocycles. The van der Waals surface area contributed by atoms with Crippen molar-refractivity contribution in [3.63, 3.8) is 0 Å². The molecule has 1 aromatic rings. The molecule has 15 heavy (non-hydrogen) atoms. The Morgan fingerprint density at radius 2 is 2.07 bits per heavy atom. The average molecular weight is 272 g/mol. The maximum atomic E-state index is 11.4. The lowest BCUT2D eigenvalue weighted by Crippen LogP contribution is -2.34. The van der Waals surface area contributed by atoms with E-state index >= 15 is 0 Å². The quantitative estimate of drug-likeness (QED) is 0.818. The summed E-state index contributed by atoms with van der Waals surface area (Å²) in [6, 6.07) is 9.06. The van der Waals surface area contributed by atoms with Crippen molar-refractivity contribution in [2.75, 3.05) is 6.61 Å². The number of aliphatic hydroxyl groups excluding tert-OH is 1. The molecule has 0 heterocycles. The van der Waals surface area contributed by atoms with Crippen LogP contribution in [-0.2, 0) is 4.79 Å². The molecule has 1 rings (SSSR count). The summed E-state index contributed by atoms with van der Waals surface area (Å²) in [6.07, 6.45) is 0. The highest BCUT2D eigenvalue weighted by Gasteiger charge is 2.15. The van der Waals surface area contributed by atoms with Crippen LogP contribution in [0.4, 0.5) is 0 Å². The lowest BCUT2D eigenvalue weighted by atomic mass is 10.1. The molecule has 0 spiro atoms. The van der Waals surface area contributed by atoms with E-state index in [2.05, 4.69) is 21.2 Å². The first-order valence-corrected chi connectivity index (χ1v) is 5.67. The van der Waals surface area contributed by atoms with Gasteiger partial charge in [0, 0.05) is 0 Å². The van der Waals surface area contributed by atoms with Gasteiger partial charge in [0.05, 0.1) is 17.5 Å². The van der Waals surface area contributed by atoms with Crippen molar-refractivity contribution in [3.05, 3.63) is 35.9 Å². The topological polar surface area (TPSA) is 49.3 Å². The zero-order valence-corrected chi connectivity index (χ0v) is 10.1. The minimum Gasteiger partial charge on any atom is -0.394 e. The van der Waals surface area contributed by atoms with E-state index in [1.807, 2.05) is 30.3 Å². The molecule has 0 saturated heterocycles. The Kier molecular flexibility index (Phi) is 4.78. The Labute approximate surface area is 97.6 Å². The summed E-state index contributed by atoms with van der Waals surface area (Å²) in [6.45, 7) is 1.64. The van der Waals surface area contributed by atoms with Crippen molar-refractivity contribution in [3.8, 4) is 0 Å². The number of aliphatic hydroxyl groups is 1. The summed E-state index contributed by atoms with van der Waals surface area (Å²) in [4.78, 5) is 11.2. The predicted molar refractivity (Wildman–Crippen MR) is 62.8 cm³/mol. The van der Waals surface area contributed by atoms with Crippen LogP contribution in [0.3, 0.4) is 0 Å². The third-order valence-electron chi connectivity index (χ3n) is 2.06. The highest BCUT2D eigenvalue weighted by Crippen LogP contribution is 2.12. The van der Waals surface area contributed by atoms with Crippen molar-refractivity contribution in [1.82, 2.24) is 5.32 Å². The summed E-state index contributed by atoms with van der Waals surface area (Å²) in [5.74, 6) is -0.127. The Balaban J connectivity index is 2.69. The van der Waals surface area contributed by atoms with Crippen molar-refractivity contribution in [2.24, 2.45) is 0 Å². The van der Waals surface area contributed by atoms with Gasteiger partial charge in [0.1, 0.15) is 0 Å². The zero-order chi connectivity index (χ0) is 11.3. The summed E-state index contributed by atoms with van der Waals surface area (Å²) in [5, 5.41) is 11.9. The molecule has 4 heteroatoms. The molecule has 82 valence electrons. The van der Waals surface area contributed by atoms with Crippen LogP contribution in [0.2, 0.25) is 0 Å². The normalized spacial score (nSPS) is 14.3. The largest absolute Gasteiger partial charge is 0.394 e. The first kappa shape index (κ1) is 12.2. The van der Waals surface area contributed by atoms with Gasteiger partial charge >= 0.3 is 0 Å². The van der Waals surface area contributed by atoms with Crippen LogP contribution in [0.15, 0.2) is 30.3 Å². The lowest BCUT2D eigenvalue weighted by molar-refractivity contribution is -0.121. The summed E-state index contributed by atoms with van der Waals surface area (Å²) in [5.41, 5.74) is 0.904. The molecule has 2 N–H and O–H groups in total. The number of hydrogen-bond acceptors (Lipinski definition) is 2. The van der Waals surface area contributed by atoms with Crippen LogP contribution >= 0.6 is 15.9 Å². The SMILES string of the molecule is CC(Br)C(=O)N[C@@H](CO)c1ccccc1. The van der Waals surface area contributed by atoms with Gasteiger partial charge in [0.25, 0.3) is 0 Å². The van der Waals surface area contributed by atoms with E-state index in [0.29, 0.717) is 0 Å². The molecule has 1 aromatic carbocycles. The van der Waals surface area contributed by atoms with E-state index < -0.39 is 0 Å². The Bertz CT molecular complexity index is 314. The summed E-state index contributed by atoms with van der Waals surface area (Å²) >= 11 is 3.18. The molecule has 0 bridgehead atoms. The number of halogens is 1. The van der Waals surface area contributed by atoms with Gasteiger partial charge in [0.15, 0.2) is 0 Å². The monoisotopic (exact) mass is 271 g/mol. The number of hydrogen-bond donors (Lipinski definition) is 2. The van der Waals surface area contributed by atoms with Crippen molar-refractivity contribution < 1.29 is 9.90 Å². The number of alkyl halides is 1. The smallest absolute Gasteiger partial charge is 0.234 e. The van der Waals surface area contributed by atoms with Crippen LogP contribution in [0.1, 0.15) is 18.5 Å². The van der Waals surface area contributed by atoms with Crippen molar-refractivity contribution in [1.29, 1.82) is 0 Å². The van der Waals surface area contributed by atoms with Gasteiger partial charge in [-0.2, -0.15) is 0 Å². The molecule has 0 fully saturated rings. The molecule has 0 aliphatic carbocycles. The standard InChI is InChI=1S/C11H14BrNO2/c1-8(12)11(15)13-10(7-14)9-5-3-2-4-6-9/h2-6,8,10,14H,7H2,1H3,(H,13,15)/t8?,10-/m0/s1. The molecule has 0 aliphatic rings. The second-order valence-corrected chi connectivity index (χ2v) is 4.64. The minimum absolute atomic E-state index is 0.102. The third-order valence-corrected chi connectivity index (χ3v) is 2.48. The number of nitrogens with one attached hydrogen (secondary N) is 1. The first-order valence-electron chi connectivity index (χ1n) is 4.75. The molecule has 1 amide bonds. The maximum Gasteiger partial charge on any atom is 0.234 e. The highest BCUT2D eigenvalue weighted by atomic mass is 79.9. The van der Waals surface area contributed by atoms with E-state index in [0.717, 1.165) is 5.56 Å². The van der Waals surface area contributed by atoms with Gasteiger partial charge in [0.2, 0.25) is 5.91 Å². The molecule has 0 radical (unpaired) electrons. The third kappa shape index (κ3) is 3.64. The van der Waals surface area contributed by atoms with Crippen LogP contribution in [0.25, 0.3) is 0 Å². The molecular formula is C11H14BrNO2. The summed E-state index contributed by atoms with van der Waals surface area (Å²) < 4.78 is 0. The number of rotatable bonds is 4. The predicted octanol–water partition coefficient (Wildman–Crippen LogP) is 1.62. The van der Waals surface area contributed by atoms with Gasteiger partial charge in [-0.3, -0.25) is 4.79 Å². The molecule has 0 saturated carbocycles. The number of benzene rings is 1. The first-order chi connectivity index (χ1) is 7.15. The van der Waals surface area contributed by atoms with E-state index in [-0.39, 0.29) is 23.4 Å². The van der Waals surface area contributed by atoms with Gasteiger partial charge in [-0.05, 0) is 12.5 Å². The van der Waals surface area contributed by atoms with Crippen LogP contribution in [-0.4, -0.2) is 22.4 Å². The van der Waals surface area contributed by atoms with Crippen molar-refractivity contribution in [2.45, 2.75) is 17.8 Å². The molecule has 3 nitrogen and oxygen atoms in total. The van der Waals surface area contributed by atoms with Gasteiger partial charge in [-0.1, -0.05) is 46.3 Å². The Morgan fingerprint density at radius 1 is 1.47 bits per heavy atom. The Morgan fingerprint density at radius 3 is 2.53 bits per heavy atom.